The first-order valence-electron chi connectivity index (χ1n) is 8.34. The van der Waals surface area contributed by atoms with Gasteiger partial charge in [0.05, 0.1) is 19.8 Å². The minimum absolute atomic E-state index is 0.0233. The van der Waals surface area contributed by atoms with Crippen LogP contribution < -0.4 is 4.74 Å². The van der Waals surface area contributed by atoms with Crippen molar-refractivity contribution < 1.29 is 28.5 Å². The van der Waals surface area contributed by atoms with Gasteiger partial charge in [-0.2, -0.15) is 0 Å². The lowest BCUT2D eigenvalue weighted by Gasteiger charge is -2.41. The lowest BCUT2D eigenvalue weighted by molar-refractivity contribution is -0.295. The van der Waals surface area contributed by atoms with Crippen LogP contribution in [0, 0.1) is 11.7 Å². The summed E-state index contributed by atoms with van der Waals surface area (Å²) in [5.74, 6) is -1.39. The van der Waals surface area contributed by atoms with Crippen LogP contribution in [0.25, 0.3) is 0 Å². The lowest BCUT2D eigenvalue weighted by atomic mass is 9.90. The minimum Gasteiger partial charge on any atom is -0.496 e. The Labute approximate surface area is 147 Å². The topological polar surface area (TPSA) is 65.0 Å². The number of hydrogen-bond acceptors (Lipinski definition) is 4. The molecule has 1 saturated heterocycles. The van der Waals surface area contributed by atoms with Crippen molar-refractivity contribution in [3.63, 3.8) is 0 Å². The molecule has 0 unspecified atom stereocenters. The number of carboxylic acids is 1. The molecule has 1 aliphatic rings. The van der Waals surface area contributed by atoms with Gasteiger partial charge in [-0.15, -0.1) is 0 Å². The molecule has 0 aromatic heterocycles. The maximum atomic E-state index is 13.8. The van der Waals surface area contributed by atoms with Gasteiger partial charge in [-0.05, 0) is 44.9 Å². The van der Waals surface area contributed by atoms with Gasteiger partial charge in [0.25, 0.3) is 0 Å². The van der Waals surface area contributed by atoms with Gasteiger partial charge in [-0.1, -0.05) is 12.2 Å². The molecule has 0 saturated carbocycles. The number of hydrogen-bond donors (Lipinski definition) is 1. The van der Waals surface area contributed by atoms with Crippen LogP contribution in [0.15, 0.2) is 30.4 Å². The molecule has 1 aromatic carbocycles. The molecule has 2 rings (SSSR count). The zero-order chi connectivity index (χ0) is 18.4. The molecule has 0 radical (unpaired) electrons. The summed E-state index contributed by atoms with van der Waals surface area (Å²) in [7, 11) is 1.54. The predicted molar refractivity (Wildman–Crippen MR) is 90.9 cm³/mol. The summed E-state index contributed by atoms with van der Waals surface area (Å²) in [6.07, 6.45) is 4.61. The van der Waals surface area contributed by atoms with Gasteiger partial charge in [0.2, 0.25) is 0 Å². The third-order valence-electron chi connectivity index (χ3n) is 4.11. The molecule has 1 fully saturated rings. The Kier molecular flexibility index (Phi) is 6.56. The van der Waals surface area contributed by atoms with E-state index >= 15 is 0 Å². The fraction of sp³-hybridized carbons (Fsp3) is 0.526. The normalized spacial score (nSPS) is 22.9. The van der Waals surface area contributed by atoms with Crippen molar-refractivity contribution >= 4 is 5.97 Å². The van der Waals surface area contributed by atoms with E-state index in [1.54, 1.807) is 13.2 Å². The molecule has 0 aliphatic carbocycles. The molecule has 0 spiro atoms. The van der Waals surface area contributed by atoms with Gasteiger partial charge < -0.3 is 19.3 Å². The minimum atomic E-state index is -0.821. The Morgan fingerprint density at radius 2 is 2.20 bits per heavy atom. The highest BCUT2D eigenvalue weighted by atomic mass is 19.1. The average molecular weight is 352 g/mol. The molecule has 2 atom stereocenters. The van der Waals surface area contributed by atoms with Gasteiger partial charge in [0, 0.05) is 17.9 Å². The van der Waals surface area contributed by atoms with Crippen LogP contribution in [0.2, 0.25) is 0 Å². The maximum Gasteiger partial charge on any atom is 0.303 e. The fourth-order valence-electron chi connectivity index (χ4n) is 2.86. The summed E-state index contributed by atoms with van der Waals surface area (Å²) in [5, 5.41) is 8.67. The first-order valence-corrected chi connectivity index (χ1v) is 8.34. The van der Waals surface area contributed by atoms with Crippen LogP contribution in [0.3, 0.4) is 0 Å². The van der Waals surface area contributed by atoms with Crippen molar-refractivity contribution in [3.8, 4) is 5.75 Å². The van der Waals surface area contributed by atoms with Crippen molar-refractivity contribution in [3.05, 3.63) is 41.7 Å². The first-order chi connectivity index (χ1) is 11.8. The molecule has 1 heterocycles. The number of benzene rings is 1. The van der Waals surface area contributed by atoms with Gasteiger partial charge in [0.15, 0.2) is 5.79 Å². The van der Waals surface area contributed by atoms with Crippen molar-refractivity contribution in [2.75, 3.05) is 13.7 Å². The van der Waals surface area contributed by atoms with E-state index in [9.17, 15) is 9.18 Å². The number of carboxylic acid groups (broad SMARTS) is 1. The molecule has 1 aliphatic heterocycles. The van der Waals surface area contributed by atoms with Crippen molar-refractivity contribution in [1.82, 2.24) is 0 Å². The number of methoxy groups -OCH3 is 1. The average Bonchev–Trinajstić information content (AvgIpc) is 2.55. The summed E-state index contributed by atoms with van der Waals surface area (Å²) in [6.45, 7) is 4.11. The first kappa shape index (κ1) is 19.4. The lowest BCUT2D eigenvalue weighted by Crippen LogP contribution is -2.41. The van der Waals surface area contributed by atoms with Gasteiger partial charge >= 0.3 is 5.97 Å². The van der Waals surface area contributed by atoms with E-state index < -0.39 is 11.8 Å². The van der Waals surface area contributed by atoms with Crippen LogP contribution >= 0.6 is 0 Å². The standard InChI is InChI=1S/C19H25FO5/c1-19(2)24-12-13(7-5-4-6-8-17(21)22)18(25-19)15-11-14(20)9-10-16(15)23-3/h4-5,9-11,13,18H,6-8,12H2,1-3H3,(H,21,22)/t13-,18+/m1/s1. The van der Waals surface area contributed by atoms with Crippen LogP contribution in [0.1, 0.15) is 44.8 Å². The number of rotatable bonds is 7. The molecule has 5 nitrogen and oxygen atoms in total. The zero-order valence-corrected chi connectivity index (χ0v) is 14.8. The Balaban J connectivity index is 2.17. The van der Waals surface area contributed by atoms with Crippen LogP contribution in [0.5, 0.6) is 5.75 Å². The Hall–Kier alpha value is -1.92. The Bertz CT molecular complexity index is 626. The van der Waals surface area contributed by atoms with Crippen molar-refractivity contribution in [2.45, 2.75) is 45.0 Å². The highest BCUT2D eigenvalue weighted by Crippen LogP contribution is 2.42. The number of allylic oxidation sites excluding steroid dienone is 2. The van der Waals surface area contributed by atoms with E-state index in [0.29, 0.717) is 30.8 Å². The second-order valence-corrected chi connectivity index (χ2v) is 6.54. The van der Waals surface area contributed by atoms with Crippen molar-refractivity contribution in [1.29, 1.82) is 0 Å². The second-order valence-electron chi connectivity index (χ2n) is 6.54. The highest BCUT2D eigenvalue weighted by molar-refractivity contribution is 5.66. The van der Waals surface area contributed by atoms with E-state index in [-0.39, 0.29) is 24.3 Å². The summed E-state index contributed by atoms with van der Waals surface area (Å²) >= 11 is 0. The fourth-order valence-corrected chi connectivity index (χ4v) is 2.86. The third-order valence-corrected chi connectivity index (χ3v) is 4.11. The molecule has 6 heteroatoms. The van der Waals surface area contributed by atoms with E-state index in [2.05, 4.69) is 0 Å². The zero-order valence-electron chi connectivity index (χ0n) is 14.8. The summed E-state index contributed by atoms with van der Waals surface area (Å²) in [6, 6.07) is 4.38. The largest absolute Gasteiger partial charge is 0.496 e. The van der Waals surface area contributed by atoms with Crippen LogP contribution in [-0.4, -0.2) is 30.6 Å². The van der Waals surface area contributed by atoms with Gasteiger partial charge in [0.1, 0.15) is 11.6 Å². The molecule has 0 bridgehead atoms. The smallest absolute Gasteiger partial charge is 0.303 e. The number of ether oxygens (including phenoxy) is 3. The molecular formula is C19H25FO5. The SMILES string of the molecule is COc1ccc(F)cc1[C@H]1OC(C)(C)OC[C@H]1CC=CCCC(=O)O. The molecule has 0 amide bonds. The molecule has 138 valence electrons. The molecular weight excluding hydrogens is 327 g/mol. The quantitative estimate of drug-likeness (QED) is 0.749. The van der Waals surface area contributed by atoms with Crippen LogP contribution in [0.4, 0.5) is 4.39 Å². The second kappa shape index (κ2) is 8.45. The maximum absolute atomic E-state index is 13.8. The number of aliphatic carboxylic acids is 1. The van der Waals surface area contributed by atoms with Gasteiger partial charge in [-0.25, -0.2) is 4.39 Å². The number of halogens is 1. The molecule has 1 aromatic rings. The molecule has 25 heavy (non-hydrogen) atoms. The Morgan fingerprint density at radius 3 is 2.88 bits per heavy atom. The number of carbonyl (C=O) groups is 1. The highest BCUT2D eigenvalue weighted by Gasteiger charge is 2.38. The van der Waals surface area contributed by atoms with Crippen molar-refractivity contribution in [2.24, 2.45) is 5.92 Å². The predicted octanol–water partition coefficient (Wildman–Crippen LogP) is 4.09. The Morgan fingerprint density at radius 1 is 1.44 bits per heavy atom. The van der Waals surface area contributed by atoms with E-state index in [1.807, 2.05) is 26.0 Å². The van der Waals surface area contributed by atoms with E-state index in [4.69, 9.17) is 19.3 Å². The summed E-state index contributed by atoms with van der Waals surface area (Å²) in [4.78, 5) is 10.6. The summed E-state index contributed by atoms with van der Waals surface area (Å²) in [5.41, 5.74) is 0.655. The molecule has 1 N–H and O–H groups in total. The van der Waals surface area contributed by atoms with Crippen LogP contribution in [-0.2, 0) is 14.3 Å². The third kappa shape index (κ3) is 5.54. The van der Waals surface area contributed by atoms with E-state index in [0.717, 1.165) is 0 Å². The van der Waals surface area contributed by atoms with E-state index in [1.165, 1.54) is 12.1 Å². The van der Waals surface area contributed by atoms with Gasteiger partial charge in [-0.3, -0.25) is 4.79 Å². The monoisotopic (exact) mass is 352 g/mol. The summed E-state index contributed by atoms with van der Waals surface area (Å²) < 4.78 is 31.0.